The van der Waals surface area contributed by atoms with Gasteiger partial charge in [-0.3, -0.25) is 0 Å². The van der Waals surface area contributed by atoms with Crippen LogP contribution >= 0.6 is 0 Å². The van der Waals surface area contributed by atoms with Crippen LogP contribution in [0.4, 0.5) is 34.4 Å². The molecule has 0 saturated heterocycles. The van der Waals surface area contributed by atoms with E-state index in [1.54, 1.807) is 0 Å². The van der Waals surface area contributed by atoms with Crippen LogP contribution in [-0.4, -0.2) is 0 Å². The van der Waals surface area contributed by atoms with E-state index in [0.717, 1.165) is 40.1 Å². The molecular weight excluding hydrogens is 673 g/mol. The van der Waals surface area contributed by atoms with E-state index < -0.39 is 5.66 Å². The summed E-state index contributed by atoms with van der Waals surface area (Å²) >= 11 is 0. The fourth-order valence-electron chi connectivity index (χ4n) is 11.2. The number of aromatic nitrogens is 2. The SMILES string of the molecule is CC1(C)c2cccc3c2N2c4c1ccc1c4C4(c5c(cccc5N5c6ccccc6-c6ccccc6-c6ccc[n+]4c65)O1)[n+]1cccc(c12)-c1ccccc1-3. The topological polar surface area (TPSA) is 23.5 Å². The number of pyridine rings is 2. The van der Waals surface area contributed by atoms with Crippen LogP contribution in [0.15, 0.2) is 158 Å². The van der Waals surface area contributed by atoms with Crippen molar-refractivity contribution < 1.29 is 13.9 Å². The Hall–Kier alpha value is -6.98. The van der Waals surface area contributed by atoms with E-state index in [4.69, 9.17) is 4.74 Å². The van der Waals surface area contributed by atoms with Gasteiger partial charge < -0.3 is 4.74 Å². The van der Waals surface area contributed by atoms with Gasteiger partial charge in [-0.15, -0.1) is 0 Å². The van der Waals surface area contributed by atoms with Gasteiger partial charge in [-0.1, -0.05) is 111 Å². The van der Waals surface area contributed by atoms with Gasteiger partial charge >= 0.3 is 5.66 Å². The minimum atomic E-state index is -0.843. The maximum atomic E-state index is 7.20. The third-order valence-corrected chi connectivity index (χ3v) is 13.3. The van der Waals surface area contributed by atoms with Crippen molar-refractivity contribution >= 4 is 34.4 Å². The van der Waals surface area contributed by atoms with Crippen molar-refractivity contribution in [1.29, 1.82) is 0 Å². The number of fused-ring (bicyclic) bond motifs is 9. The predicted octanol–water partition coefficient (Wildman–Crippen LogP) is 11.2. The Labute approximate surface area is 318 Å². The highest BCUT2D eigenvalue weighted by Gasteiger charge is 2.69. The Balaban J connectivity index is 1.25. The molecule has 6 aliphatic heterocycles. The third-order valence-electron chi connectivity index (χ3n) is 13.3. The van der Waals surface area contributed by atoms with E-state index in [1.807, 2.05) is 0 Å². The summed E-state index contributed by atoms with van der Waals surface area (Å²) in [7, 11) is 0. The van der Waals surface area contributed by atoms with Crippen molar-refractivity contribution in [2.45, 2.75) is 24.9 Å². The van der Waals surface area contributed by atoms with Crippen LogP contribution in [0, 0.1) is 0 Å². The second-order valence-electron chi connectivity index (χ2n) is 16.1. The number of hydrogen-bond donors (Lipinski definition) is 0. The van der Waals surface area contributed by atoms with Crippen LogP contribution in [0.2, 0.25) is 0 Å². The van der Waals surface area contributed by atoms with E-state index >= 15 is 0 Å². The predicted molar refractivity (Wildman–Crippen MR) is 215 cm³/mol. The molecule has 5 nitrogen and oxygen atoms in total. The lowest BCUT2D eigenvalue weighted by Gasteiger charge is -2.49. The Kier molecular flexibility index (Phi) is 4.77. The molecule has 0 fully saturated rings. The van der Waals surface area contributed by atoms with Gasteiger partial charge in [-0.05, 0) is 70.8 Å². The van der Waals surface area contributed by atoms with Gasteiger partial charge in [0, 0.05) is 27.7 Å². The first-order valence-electron chi connectivity index (χ1n) is 19.2. The van der Waals surface area contributed by atoms with Crippen molar-refractivity contribution in [2.24, 2.45) is 0 Å². The summed E-state index contributed by atoms with van der Waals surface area (Å²) in [5, 5.41) is 0. The second-order valence-corrected chi connectivity index (χ2v) is 16.1. The molecule has 2 aromatic heterocycles. The van der Waals surface area contributed by atoms with Gasteiger partial charge in [-0.2, -0.15) is 18.9 Å². The molecule has 14 rings (SSSR count). The smallest absolute Gasteiger partial charge is 0.321 e. The first-order valence-corrected chi connectivity index (χ1v) is 19.2. The molecule has 6 aliphatic rings. The summed E-state index contributed by atoms with van der Waals surface area (Å²) in [5.41, 5.74) is 18.4. The van der Waals surface area contributed by atoms with E-state index in [2.05, 4.69) is 191 Å². The highest BCUT2D eigenvalue weighted by Crippen LogP contribution is 2.67. The molecule has 0 amide bonds. The molecule has 0 aliphatic carbocycles. The van der Waals surface area contributed by atoms with E-state index in [1.165, 1.54) is 72.6 Å². The first kappa shape index (κ1) is 28.5. The Morgan fingerprint density at radius 2 is 0.945 bits per heavy atom. The highest BCUT2D eigenvalue weighted by atomic mass is 16.5. The zero-order valence-corrected chi connectivity index (χ0v) is 30.2. The minimum absolute atomic E-state index is 0.291. The van der Waals surface area contributed by atoms with Crippen molar-refractivity contribution in [2.75, 3.05) is 9.80 Å². The largest absolute Gasteiger partial charge is 0.456 e. The van der Waals surface area contributed by atoms with Crippen molar-refractivity contribution in [3.05, 3.63) is 180 Å². The standard InChI is InChI=1S/C50H32N4O/c1-49(2)37-21-9-18-34-30-14-4-6-16-32(30)36-20-12-28-52-48(36)54(45(34)37)46-38(49)25-26-42-44(46)50(52)43-40(23-10-24-41(43)55-42)53-39-22-8-7-17-33(39)29-13-3-5-15-31(29)35-19-11-27-51(50)47(35)53/h3-28H,1-2H3/q+2. The molecular formula is C50H32N4O+2. The maximum absolute atomic E-state index is 7.20. The molecule has 256 valence electrons. The fraction of sp³-hybridized carbons (Fsp3) is 0.0800. The highest BCUT2D eigenvalue weighted by molar-refractivity contribution is 6.06. The lowest BCUT2D eigenvalue weighted by molar-refractivity contribution is -0.962. The minimum Gasteiger partial charge on any atom is -0.456 e. The van der Waals surface area contributed by atoms with Crippen LogP contribution in [0.1, 0.15) is 36.1 Å². The summed E-state index contributed by atoms with van der Waals surface area (Å²) < 4.78 is 12.4. The van der Waals surface area contributed by atoms with Gasteiger partial charge in [0.2, 0.25) is 0 Å². The van der Waals surface area contributed by atoms with E-state index in [0.29, 0.717) is 0 Å². The molecule has 6 aromatic carbocycles. The third kappa shape index (κ3) is 2.97. The van der Waals surface area contributed by atoms with Crippen LogP contribution in [0.25, 0.3) is 44.5 Å². The van der Waals surface area contributed by atoms with Gasteiger partial charge in [-0.25, -0.2) is 0 Å². The molecule has 5 heteroatoms. The molecule has 1 spiro atoms. The average molecular weight is 705 g/mol. The molecule has 8 aromatic rings. The lowest BCUT2D eigenvalue weighted by Crippen LogP contribution is -2.79. The average Bonchev–Trinajstić information content (AvgIpc) is 3.44. The Morgan fingerprint density at radius 3 is 1.67 bits per heavy atom. The Bertz CT molecular complexity index is 3130. The van der Waals surface area contributed by atoms with Gasteiger partial charge in [0.25, 0.3) is 11.6 Å². The van der Waals surface area contributed by atoms with Crippen LogP contribution < -0.4 is 23.7 Å². The number of nitrogens with zero attached hydrogens (tertiary/aromatic N) is 4. The molecule has 1 atom stereocenters. The van der Waals surface area contributed by atoms with Crippen LogP contribution in [0.3, 0.4) is 0 Å². The summed E-state index contributed by atoms with van der Waals surface area (Å²) in [6.45, 7) is 4.80. The number of anilines is 6. The van der Waals surface area contributed by atoms with Crippen LogP contribution in [-0.2, 0) is 11.1 Å². The second kappa shape index (κ2) is 9.20. The number of para-hydroxylation sites is 2. The summed E-state index contributed by atoms with van der Waals surface area (Å²) in [6.07, 6.45) is 4.64. The van der Waals surface area contributed by atoms with Crippen molar-refractivity contribution in [3.8, 4) is 56.0 Å². The van der Waals surface area contributed by atoms with Crippen molar-refractivity contribution in [1.82, 2.24) is 0 Å². The summed E-state index contributed by atoms with van der Waals surface area (Å²) in [4.78, 5) is 5.10. The molecule has 0 radical (unpaired) electrons. The first-order chi connectivity index (χ1) is 27.1. The van der Waals surface area contributed by atoms with Crippen LogP contribution in [0.5, 0.6) is 11.5 Å². The molecule has 0 bridgehead atoms. The Morgan fingerprint density at radius 1 is 0.418 bits per heavy atom. The zero-order valence-electron chi connectivity index (χ0n) is 30.2. The zero-order chi connectivity index (χ0) is 35.9. The normalized spacial score (nSPS) is 17.9. The van der Waals surface area contributed by atoms with Crippen molar-refractivity contribution in [3.63, 3.8) is 0 Å². The fourth-order valence-corrected chi connectivity index (χ4v) is 11.2. The molecule has 0 N–H and O–H groups in total. The van der Waals surface area contributed by atoms with Gasteiger partial charge in [0.15, 0.2) is 5.69 Å². The quantitative estimate of drug-likeness (QED) is 0.147. The van der Waals surface area contributed by atoms with E-state index in [-0.39, 0.29) is 5.41 Å². The number of ether oxygens (including phenoxy) is 1. The number of hydrogen-bond acceptors (Lipinski definition) is 3. The number of rotatable bonds is 0. The van der Waals surface area contributed by atoms with Gasteiger partial charge in [0.05, 0.1) is 23.5 Å². The summed E-state index contributed by atoms with van der Waals surface area (Å²) in [6, 6.07) is 54.0. The van der Waals surface area contributed by atoms with Gasteiger partial charge in [0.1, 0.15) is 39.7 Å². The monoisotopic (exact) mass is 704 g/mol. The van der Waals surface area contributed by atoms with E-state index in [9.17, 15) is 0 Å². The maximum Gasteiger partial charge on any atom is 0.321 e. The molecule has 8 heterocycles. The summed E-state index contributed by atoms with van der Waals surface area (Å²) in [5.74, 6) is 4.06. The molecule has 0 saturated carbocycles. The molecule has 1 unspecified atom stereocenters. The number of benzene rings is 6. The molecule has 55 heavy (non-hydrogen) atoms. The lowest BCUT2D eigenvalue weighted by atomic mass is 9.69.